The molecule has 0 amide bonds. The zero-order chi connectivity index (χ0) is 17.2. The van der Waals surface area contributed by atoms with Gasteiger partial charge in [0.2, 0.25) is 0 Å². The van der Waals surface area contributed by atoms with Crippen LogP contribution in [0.15, 0.2) is 67.1 Å². The lowest BCUT2D eigenvalue weighted by Crippen LogP contribution is -2.04. The molecule has 0 bridgehead atoms. The Morgan fingerprint density at radius 2 is 1.68 bits per heavy atom. The zero-order valence-corrected chi connectivity index (χ0v) is 13.8. The first-order valence-corrected chi connectivity index (χ1v) is 8.07. The van der Waals surface area contributed by atoms with Crippen LogP contribution >= 0.6 is 11.6 Å². The van der Waals surface area contributed by atoms with Crippen molar-refractivity contribution in [2.75, 3.05) is 0 Å². The van der Waals surface area contributed by atoms with Gasteiger partial charge in [-0.2, -0.15) is 0 Å². The molecule has 0 saturated carbocycles. The predicted octanol–water partition coefficient (Wildman–Crippen LogP) is 3.82. The Morgan fingerprint density at radius 1 is 0.880 bits per heavy atom. The van der Waals surface area contributed by atoms with Crippen molar-refractivity contribution < 1.29 is 5.11 Å². The van der Waals surface area contributed by atoms with Crippen LogP contribution < -0.4 is 0 Å². The summed E-state index contributed by atoms with van der Waals surface area (Å²) in [6.45, 7) is 0. The third-order valence-electron chi connectivity index (χ3n) is 3.89. The number of hydrogen-bond donors (Lipinski definition) is 1. The van der Waals surface area contributed by atoms with Gasteiger partial charge in [-0.15, -0.1) is 0 Å². The van der Waals surface area contributed by atoms with Crippen molar-refractivity contribution >= 4 is 22.6 Å². The second kappa shape index (κ2) is 6.55. The second-order valence-corrected chi connectivity index (χ2v) is 5.86. The van der Waals surface area contributed by atoms with Gasteiger partial charge in [-0.3, -0.25) is 9.97 Å². The Morgan fingerprint density at radius 3 is 2.48 bits per heavy atom. The molecule has 122 valence electrons. The van der Waals surface area contributed by atoms with E-state index in [9.17, 15) is 5.11 Å². The van der Waals surface area contributed by atoms with E-state index in [2.05, 4.69) is 19.9 Å². The van der Waals surface area contributed by atoms with Gasteiger partial charge in [0.25, 0.3) is 0 Å². The molecule has 4 aromatic rings. The minimum absolute atomic E-state index is 0.180. The van der Waals surface area contributed by atoms with E-state index in [-0.39, 0.29) is 5.15 Å². The molecular weight excluding hydrogens is 336 g/mol. The summed E-state index contributed by atoms with van der Waals surface area (Å²) >= 11 is 6.03. The molecular formula is C19H13ClN4O. The standard InChI is InChI=1S/C19H13ClN4O/c20-19-17(21-8-9-22-19)18(25)13-6-7-14-15(10-13)24-16(11-23-14)12-4-2-1-3-5-12/h1-11,18,25H. The lowest BCUT2D eigenvalue weighted by Gasteiger charge is -2.12. The average molecular weight is 349 g/mol. The van der Waals surface area contributed by atoms with Crippen molar-refractivity contribution in [1.29, 1.82) is 0 Å². The van der Waals surface area contributed by atoms with Gasteiger partial charge in [-0.05, 0) is 17.7 Å². The quantitative estimate of drug-likeness (QED) is 0.609. The van der Waals surface area contributed by atoms with Crippen molar-refractivity contribution in [2.24, 2.45) is 0 Å². The highest BCUT2D eigenvalue weighted by Gasteiger charge is 2.17. The van der Waals surface area contributed by atoms with Crippen molar-refractivity contribution in [3.05, 3.63) is 83.5 Å². The molecule has 0 aliphatic heterocycles. The summed E-state index contributed by atoms with van der Waals surface area (Å²) in [5, 5.41) is 10.8. The lowest BCUT2D eigenvalue weighted by molar-refractivity contribution is 0.215. The number of rotatable bonds is 3. The first kappa shape index (κ1) is 15.6. The van der Waals surface area contributed by atoms with Gasteiger partial charge in [0.1, 0.15) is 11.8 Å². The van der Waals surface area contributed by atoms with Crippen LogP contribution in [0.5, 0.6) is 0 Å². The van der Waals surface area contributed by atoms with Crippen molar-refractivity contribution in [1.82, 2.24) is 19.9 Å². The fourth-order valence-electron chi connectivity index (χ4n) is 2.62. The van der Waals surface area contributed by atoms with Gasteiger partial charge in [0.05, 0.1) is 22.9 Å². The van der Waals surface area contributed by atoms with E-state index in [1.807, 2.05) is 36.4 Å². The maximum Gasteiger partial charge on any atom is 0.153 e. The summed E-state index contributed by atoms with van der Waals surface area (Å²) in [7, 11) is 0. The van der Waals surface area contributed by atoms with E-state index < -0.39 is 6.10 Å². The first-order chi connectivity index (χ1) is 12.2. The monoisotopic (exact) mass is 348 g/mol. The summed E-state index contributed by atoms with van der Waals surface area (Å²) in [5.74, 6) is 0. The number of benzene rings is 2. The highest BCUT2D eigenvalue weighted by Crippen LogP contribution is 2.27. The molecule has 1 unspecified atom stereocenters. The molecule has 1 N–H and O–H groups in total. The van der Waals surface area contributed by atoms with Crippen LogP contribution in [0.4, 0.5) is 0 Å². The Balaban J connectivity index is 1.78. The molecule has 25 heavy (non-hydrogen) atoms. The molecule has 6 heteroatoms. The Labute approximate surface area is 149 Å². The van der Waals surface area contributed by atoms with Crippen LogP contribution in [0.3, 0.4) is 0 Å². The predicted molar refractivity (Wildman–Crippen MR) is 96.1 cm³/mol. The Hall–Kier alpha value is -2.89. The molecule has 0 fully saturated rings. The average Bonchev–Trinajstić information content (AvgIpc) is 2.67. The highest BCUT2D eigenvalue weighted by atomic mass is 35.5. The van der Waals surface area contributed by atoms with E-state index in [0.717, 1.165) is 16.8 Å². The molecule has 0 spiro atoms. The topological polar surface area (TPSA) is 71.8 Å². The Bertz CT molecular complexity index is 1040. The van der Waals surface area contributed by atoms with E-state index in [1.54, 1.807) is 18.3 Å². The van der Waals surface area contributed by atoms with Gasteiger partial charge >= 0.3 is 0 Å². The van der Waals surface area contributed by atoms with Crippen LogP contribution in [0, 0.1) is 0 Å². The number of aliphatic hydroxyl groups is 1. The lowest BCUT2D eigenvalue weighted by atomic mass is 10.1. The minimum atomic E-state index is -0.979. The Kier molecular flexibility index (Phi) is 4.09. The van der Waals surface area contributed by atoms with E-state index in [1.165, 1.54) is 12.4 Å². The number of fused-ring (bicyclic) bond motifs is 1. The van der Waals surface area contributed by atoms with Gasteiger partial charge in [0, 0.05) is 18.0 Å². The summed E-state index contributed by atoms with van der Waals surface area (Å²) in [5.41, 5.74) is 4.15. The molecule has 5 nitrogen and oxygen atoms in total. The van der Waals surface area contributed by atoms with Crippen LogP contribution in [0.2, 0.25) is 5.15 Å². The third kappa shape index (κ3) is 3.07. The SMILES string of the molecule is OC(c1ccc2ncc(-c3ccccc3)nc2c1)c1nccnc1Cl. The molecule has 0 aliphatic rings. The number of halogens is 1. The fraction of sp³-hybridized carbons (Fsp3) is 0.0526. The maximum absolute atomic E-state index is 10.6. The largest absolute Gasteiger partial charge is 0.382 e. The van der Waals surface area contributed by atoms with Crippen LogP contribution in [-0.2, 0) is 0 Å². The van der Waals surface area contributed by atoms with Crippen molar-refractivity contribution in [2.45, 2.75) is 6.10 Å². The van der Waals surface area contributed by atoms with Crippen molar-refractivity contribution in [3.8, 4) is 11.3 Å². The van der Waals surface area contributed by atoms with E-state index in [4.69, 9.17) is 11.6 Å². The summed E-state index contributed by atoms with van der Waals surface area (Å²) in [4.78, 5) is 17.2. The van der Waals surface area contributed by atoms with Gasteiger partial charge < -0.3 is 5.11 Å². The smallest absolute Gasteiger partial charge is 0.153 e. The molecule has 4 rings (SSSR count). The zero-order valence-electron chi connectivity index (χ0n) is 13.0. The van der Waals surface area contributed by atoms with Crippen LogP contribution in [-0.4, -0.2) is 25.0 Å². The molecule has 2 aromatic carbocycles. The number of aromatic nitrogens is 4. The van der Waals surface area contributed by atoms with Gasteiger partial charge in [-0.1, -0.05) is 48.0 Å². The summed E-state index contributed by atoms with van der Waals surface area (Å²) in [6, 6.07) is 15.2. The molecule has 2 heterocycles. The van der Waals surface area contributed by atoms with Gasteiger partial charge in [-0.25, -0.2) is 9.97 Å². The van der Waals surface area contributed by atoms with E-state index >= 15 is 0 Å². The second-order valence-electron chi connectivity index (χ2n) is 5.50. The summed E-state index contributed by atoms with van der Waals surface area (Å²) in [6.07, 6.45) is 3.75. The minimum Gasteiger partial charge on any atom is -0.382 e. The normalized spacial score (nSPS) is 12.2. The third-order valence-corrected chi connectivity index (χ3v) is 4.18. The van der Waals surface area contributed by atoms with Gasteiger partial charge in [0.15, 0.2) is 5.15 Å². The summed E-state index contributed by atoms with van der Waals surface area (Å²) < 4.78 is 0. The molecule has 2 aromatic heterocycles. The molecule has 0 radical (unpaired) electrons. The molecule has 1 atom stereocenters. The highest BCUT2D eigenvalue weighted by molar-refractivity contribution is 6.30. The van der Waals surface area contributed by atoms with E-state index in [0.29, 0.717) is 16.8 Å². The van der Waals surface area contributed by atoms with Crippen LogP contribution in [0.25, 0.3) is 22.3 Å². The first-order valence-electron chi connectivity index (χ1n) is 7.69. The number of hydrogen-bond acceptors (Lipinski definition) is 5. The van der Waals surface area contributed by atoms with Crippen LogP contribution in [0.1, 0.15) is 17.4 Å². The number of aliphatic hydroxyl groups excluding tert-OH is 1. The maximum atomic E-state index is 10.6. The molecule has 0 saturated heterocycles. The fourth-order valence-corrected chi connectivity index (χ4v) is 2.83. The van der Waals surface area contributed by atoms with Crippen molar-refractivity contribution in [3.63, 3.8) is 0 Å². The number of nitrogens with zero attached hydrogens (tertiary/aromatic N) is 4. The molecule has 0 aliphatic carbocycles.